The van der Waals surface area contributed by atoms with E-state index in [0.29, 0.717) is 6.54 Å². The average Bonchev–Trinajstić information content (AvgIpc) is 3.07. The fourth-order valence-electron chi connectivity index (χ4n) is 2.95. The Morgan fingerprint density at radius 1 is 1.27 bits per heavy atom. The number of rotatable bonds is 7. The Morgan fingerprint density at radius 2 is 1.97 bits per heavy atom. The number of nitrogens with zero attached hydrogens (tertiary/aromatic N) is 4. The lowest BCUT2D eigenvalue weighted by molar-refractivity contribution is 0.0145. The monoisotopic (exact) mass is 552 g/mol. The molecule has 1 saturated heterocycles. The van der Waals surface area contributed by atoms with Gasteiger partial charge >= 0.3 is 6.09 Å². The summed E-state index contributed by atoms with van der Waals surface area (Å²) in [6.45, 7) is 16.3. The molecule has 1 aliphatic rings. The quantitative estimate of drug-likeness (QED) is 0.234. The molecule has 8 nitrogen and oxygen atoms in total. The van der Waals surface area contributed by atoms with E-state index in [1.165, 1.54) is 4.88 Å². The minimum atomic E-state index is -0.440. The fourth-order valence-corrected chi connectivity index (χ4v) is 3.66. The van der Waals surface area contributed by atoms with Crippen LogP contribution in [0.4, 0.5) is 4.79 Å². The molecule has 1 aliphatic heterocycles. The number of hydrogen-bond donors (Lipinski definition) is 2. The van der Waals surface area contributed by atoms with Crippen LogP contribution in [0.2, 0.25) is 0 Å². The Kier molecular flexibility index (Phi) is 11.9. The molecule has 1 amide bonds. The number of halogens is 1. The number of aryl methyl sites for hydroxylation is 1. The van der Waals surface area contributed by atoms with Gasteiger partial charge < -0.3 is 20.3 Å². The first-order valence-electron chi connectivity index (χ1n) is 10.4. The summed E-state index contributed by atoms with van der Waals surface area (Å²) in [6, 6.07) is 0. The molecule has 0 unspecified atom stereocenters. The highest BCUT2D eigenvalue weighted by atomic mass is 127. The maximum absolute atomic E-state index is 12.1. The number of nitrogens with one attached hydrogen (secondary N) is 2. The SMILES string of the molecule is CCNC(=NCc1ncc(C)s1)NCCCN1CCN(C(=O)OC(C)(C)C)CC1.I. The second kappa shape index (κ2) is 13.3. The van der Waals surface area contributed by atoms with E-state index in [-0.39, 0.29) is 30.1 Å². The minimum absolute atomic E-state index is 0. The van der Waals surface area contributed by atoms with E-state index in [4.69, 9.17) is 4.74 Å². The molecule has 0 spiro atoms. The summed E-state index contributed by atoms with van der Waals surface area (Å²) in [4.78, 5) is 26.5. The van der Waals surface area contributed by atoms with Crippen LogP contribution in [0.25, 0.3) is 0 Å². The van der Waals surface area contributed by atoms with E-state index in [9.17, 15) is 4.79 Å². The predicted molar refractivity (Wildman–Crippen MR) is 134 cm³/mol. The van der Waals surface area contributed by atoms with E-state index in [2.05, 4.69) is 39.4 Å². The van der Waals surface area contributed by atoms with Gasteiger partial charge in [-0.25, -0.2) is 14.8 Å². The van der Waals surface area contributed by atoms with Crippen molar-refractivity contribution in [1.29, 1.82) is 0 Å². The van der Waals surface area contributed by atoms with Crippen molar-refractivity contribution in [2.75, 3.05) is 45.8 Å². The van der Waals surface area contributed by atoms with Crippen molar-refractivity contribution in [3.8, 4) is 0 Å². The third kappa shape index (κ3) is 10.3. The van der Waals surface area contributed by atoms with Crippen molar-refractivity contribution >= 4 is 47.4 Å². The third-order valence-electron chi connectivity index (χ3n) is 4.35. The van der Waals surface area contributed by atoms with Gasteiger partial charge in [0.2, 0.25) is 0 Å². The van der Waals surface area contributed by atoms with Crippen LogP contribution in [0, 0.1) is 6.92 Å². The molecular weight excluding hydrogens is 515 g/mol. The number of piperazine rings is 1. The number of carbonyl (C=O) groups is 1. The molecule has 1 fully saturated rings. The first kappa shape index (κ1) is 26.9. The van der Waals surface area contributed by atoms with Crippen LogP contribution in [0.3, 0.4) is 0 Å². The maximum Gasteiger partial charge on any atom is 0.410 e. The predicted octanol–water partition coefficient (Wildman–Crippen LogP) is 3.07. The van der Waals surface area contributed by atoms with Crippen molar-refractivity contribution in [3.63, 3.8) is 0 Å². The second-order valence-electron chi connectivity index (χ2n) is 8.15. The van der Waals surface area contributed by atoms with E-state index >= 15 is 0 Å². The molecule has 0 saturated carbocycles. The first-order valence-corrected chi connectivity index (χ1v) is 11.2. The Labute approximate surface area is 201 Å². The van der Waals surface area contributed by atoms with Crippen LogP contribution < -0.4 is 10.6 Å². The summed E-state index contributed by atoms with van der Waals surface area (Å²) >= 11 is 1.68. The van der Waals surface area contributed by atoms with E-state index in [1.54, 1.807) is 16.2 Å². The van der Waals surface area contributed by atoms with Gasteiger partial charge in [0.05, 0.1) is 6.54 Å². The highest BCUT2D eigenvalue weighted by Crippen LogP contribution is 2.12. The molecule has 172 valence electrons. The van der Waals surface area contributed by atoms with E-state index in [0.717, 1.165) is 63.2 Å². The van der Waals surface area contributed by atoms with Crippen LogP contribution in [-0.4, -0.2) is 78.3 Å². The van der Waals surface area contributed by atoms with Crippen LogP contribution >= 0.6 is 35.3 Å². The summed E-state index contributed by atoms with van der Waals surface area (Å²) in [7, 11) is 0. The van der Waals surface area contributed by atoms with Gasteiger partial charge in [-0.1, -0.05) is 0 Å². The van der Waals surface area contributed by atoms with E-state index in [1.807, 2.05) is 27.0 Å². The summed E-state index contributed by atoms with van der Waals surface area (Å²) in [5.74, 6) is 0.829. The number of aliphatic imine (C=N–C) groups is 1. The van der Waals surface area contributed by atoms with Gasteiger partial charge in [-0.15, -0.1) is 35.3 Å². The highest BCUT2D eigenvalue weighted by molar-refractivity contribution is 14.0. The Morgan fingerprint density at radius 3 is 2.53 bits per heavy atom. The first-order chi connectivity index (χ1) is 13.8. The number of thiazole rings is 1. The lowest BCUT2D eigenvalue weighted by atomic mass is 10.2. The number of hydrogen-bond acceptors (Lipinski definition) is 6. The van der Waals surface area contributed by atoms with Gasteiger partial charge in [-0.2, -0.15) is 0 Å². The van der Waals surface area contributed by atoms with Crippen LogP contribution in [0.1, 0.15) is 44.0 Å². The summed E-state index contributed by atoms with van der Waals surface area (Å²) < 4.78 is 5.45. The number of guanidine groups is 1. The molecule has 2 rings (SSSR count). The Bertz CT molecular complexity index is 668. The van der Waals surface area contributed by atoms with Gasteiger partial charge in [0.1, 0.15) is 10.6 Å². The molecule has 2 heterocycles. The molecule has 0 bridgehead atoms. The molecule has 0 aliphatic carbocycles. The zero-order valence-corrected chi connectivity index (χ0v) is 22.0. The Hall–Kier alpha value is -1.14. The number of aromatic nitrogens is 1. The molecule has 1 aromatic rings. The maximum atomic E-state index is 12.1. The minimum Gasteiger partial charge on any atom is -0.444 e. The lowest BCUT2D eigenvalue weighted by Crippen LogP contribution is -2.50. The topological polar surface area (TPSA) is 82.1 Å². The largest absolute Gasteiger partial charge is 0.444 e. The van der Waals surface area contributed by atoms with Crippen LogP contribution in [-0.2, 0) is 11.3 Å². The summed E-state index contributed by atoms with van der Waals surface area (Å²) in [5.41, 5.74) is -0.440. The number of ether oxygens (including phenoxy) is 1. The summed E-state index contributed by atoms with van der Waals surface area (Å²) in [6.07, 6.45) is 2.70. The fraction of sp³-hybridized carbons (Fsp3) is 0.750. The lowest BCUT2D eigenvalue weighted by Gasteiger charge is -2.35. The molecular formula is C20H37IN6O2S. The average molecular weight is 553 g/mol. The molecule has 0 aromatic carbocycles. The third-order valence-corrected chi connectivity index (χ3v) is 5.25. The van der Waals surface area contributed by atoms with Crippen molar-refractivity contribution in [3.05, 3.63) is 16.1 Å². The van der Waals surface area contributed by atoms with Crippen molar-refractivity contribution in [2.24, 2.45) is 4.99 Å². The normalized spacial score (nSPS) is 15.5. The van der Waals surface area contributed by atoms with Gasteiger partial charge in [-0.3, -0.25) is 4.90 Å². The molecule has 10 heteroatoms. The zero-order valence-electron chi connectivity index (χ0n) is 18.9. The van der Waals surface area contributed by atoms with Crippen molar-refractivity contribution < 1.29 is 9.53 Å². The van der Waals surface area contributed by atoms with E-state index < -0.39 is 5.60 Å². The van der Waals surface area contributed by atoms with Gasteiger partial charge in [-0.05, 0) is 47.6 Å². The molecule has 0 radical (unpaired) electrons. The molecule has 0 atom stereocenters. The molecule has 2 N–H and O–H groups in total. The Balaban J connectivity index is 0.00000450. The van der Waals surface area contributed by atoms with Crippen molar-refractivity contribution in [2.45, 2.75) is 53.2 Å². The van der Waals surface area contributed by atoms with Crippen LogP contribution in [0.5, 0.6) is 0 Å². The van der Waals surface area contributed by atoms with Gasteiger partial charge in [0, 0.05) is 50.3 Å². The number of carbonyl (C=O) groups excluding carboxylic acids is 1. The zero-order chi connectivity index (χ0) is 21.3. The van der Waals surface area contributed by atoms with Gasteiger partial charge in [0.15, 0.2) is 5.96 Å². The highest BCUT2D eigenvalue weighted by Gasteiger charge is 2.25. The number of amides is 1. The van der Waals surface area contributed by atoms with Gasteiger partial charge in [0.25, 0.3) is 0 Å². The molecule has 1 aromatic heterocycles. The second-order valence-corrected chi connectivity index (χ2v) is 9.47. The smallest absolute Gasteiger partial charge is 0.410 e. The van der Waals surface area contributed by atoms with Crippen molar-refractivity contribution in [1.82, 2.24) is 25.4 Å². The molecule has 30 heavy (non-hydrogen) atoms. The van der Waals surface area contributed by atoms with Crippen LogP contribution in [0.15, 0.2) is 11.2 Å². The summed E-state index contributed by atoms with van der Waals surface area (Å²) in [5, 5.41) is 7.70. The standard InChI is InChI=1S/C20H36N6O2S.HI/c1-6-21-18(24-15-17-23-14-16(2)29-17)22-8-7-9-25-10-12-26(13-11-25)19(27)28-20(3,4)5;/h14H,6-13,15H2,1-5H3,(H2,21,22,24);1H.